The average molecular weight is 579 g/mol. The zero-order chi connectivity index (χ0) is 30.1. The Hall–Kier alpha value is -1.10. The molecule has 3 saturated carbocycles. The van der Waals surface area contributed by atoms with E-state index < -0.39 is 55.1 Å². The van der Waals surface area contributed by atoms with E-state index in [1.165, 1.54) is 31.3 Å². The van der Waals surface area contributed by atoms with Crippen molar-refractivity contribution in [1.29, 1.82) is 0 Å². The summed E-state index contributed by atoms with van der Waals surface area (Å²) in [6, 6.07) is 0. The molecule has 1 heterocycles. The summed E-state index contributed by atoms with van der Waals surface area (Å²) < 4.78 is 11.5. The van der Waals surface area contributed by atoms with Crippen molar-refractivity contribution in [3.63, 3.8) is 0 Å². The van der Waals surface area contributed by atoms with Crippen LogP contribution in [0.2, 0.25) is 0 Å². The summed E-state index contributed by atoms with van der Waals surface area (Å²) >= 11 is 0. The highest BCUT2D eigenvalue weighted by Crippen LogP contribution is 2.60. The molecule has 6 N–H and O–H groups in total. The maximum atomic E-state index is 10.8. The van der Waals surface area contributed by atoms with E-state index in [4.69, 9.17) is 9.47 Å². The fourth-order valence-corrected chi connectivity index (χ4v) is 8.19. The van der Waals surface area contributed by atoms with Crippen molar-refractivity contribution in [3.05, 3.63) is 35.5 Å². The number of aliphatic hydroxyl groups is 6. The number of rotatable bonds is 9. The molecule has 4 fully saturated rings. The van der Waals surface area contributed by atoms with Crippen molar-refractivity contribution >= 4 is 0 Å². The molecular weight excluding hydrogens is 524 g/mol. The second kappa shape index (κ2) is 13.3. The summed E-state index contributed by atoms with van der Waals surface area (Å²) in [7, 11) is 0. The topological polar surface area (TPSA) is 140 Å². The van der Waals surface area contributed by atoms with Crippen LogP contribution in [0.3, 0.4) is 0 Å². The van der Waals surface area contributed by atoms with Crippen LogP contribution >= 0.6 is 0 Å². The third-order valence-corrected chi connectivity index (χ3v) is 10.6. The highest BCUT2D eigenvalue weighted by Gasteiger charge is 2.50. The second-order valence-corrected chi connectivity index (χ2v) is 14.1. The third-order valence-electron chi connectivity index (χ3n) is 10.6. The molecule has 4 aliphatic rings. The van der Waals surface area contributed by atoms with E-state index in [0.717, 1.165) is 31.3 Å². The molecule has 3 aliphatic carbocycles. The number of ether oxygens (including phenoxy) is 2. The van der Waals surface area contributed by atoms with Gasteiger partial charge in [0.2, 0.25) is 0 Å². The molecule has 1 unspecified atom stereocenters. The van der Waals surface area contributed by atoms with Gasteiger partial charge in [-0.3, -0.25) is 0 Å². The van der Waals surface area contributed by atoms with Crippen molar-refractivity contribution in [2.45, 2.75) is 140 Å². The molecule has 0 aromatic rings. The maximum Gasteiger partial charge on any atom is 0.186 e. The zero-order valence-corrected chi connectivity index (χ0v) is 25.4. The fraction of sp³-hybridized carbons (Fsp3) is 0.818. The minimum Gasteiger partial charge on any atom is -0.394 e. The van der Waals surface area contributed by atoms with Gasteiger partial charge in [0.05, 0.1) is 24.4 Å². The second-order valence-electron chi connectivity index (χ2n) is 14.1. The van der Waals surface area contributed by atoms with Crippen molar-refractivity contribution in [2.75, 3.05) is 6.61 Å². The van der Waals surface area contributed by atoms with Gasteiger partial charge in [-0.1, -0.05) is 51.0 Å². The van der Waals surface area contributed by atoms with Gasteiger partial charge in [-0.25, -0.2) is 0 Å². The molecule has 8 heteroatoms. The first-order valence-electron chi connectivity index (χ1n) is 15.7. The van der Waals surface area contributed by atoms with Crippen LogP contribution in [0.15, 0.2) is 35.5 Å². The van der Waals surface area contributed by atoms with E-state index in [-0.39, 0.29) is 11.8 Å². The van der Waals surface area contributed by atoms with Gasteiger partial charge in [0.25, 0.3) is 0 Å². The molecule has 0 spiro atoms. The van der Waals surface area contributed by atoms with Gasteiger partial charge in [0.15, 0.2) is 6.29 Å². The molecule has 234 valence electrons. The Morgan fingerprint density at radius 2 is 1.85 bits per heavy atom. The molecule has 0 radical (unpaired) electrons. The van der Waals surface area contributed by atoms with Gasteiger partial charge in [0.1, 0.15) is 24.4 Å². The normalized spacial score (nSPS) is 43.0. The Morgan fingerprint density at radius 3 is 2.54 bits per heavy atom. The lowest BCUT2D eigenvalue weighted by Gasteiger charge is -2.44. The Labute approximate surface area is 245 Å². The molecule has 41 heavy (non-hydrogen) atoms. The summed E-state index contributed by atoms with van der Waals surface area (Å²) in [5.74, 6) is 1.84. The summed E-state index contributed by atoms with van der Waals surface area (Å²) in [5.41, 5.74) is 2.70. The monoisotopic (exact) mass is 578 g/mol. The lowest BCUT2D eigenvalue weighted by molar-refractivity contribution is -0.312. The Bertz CT molecular complexity index is 967. The summed E-state index contributed by atoms with van der Waals surface area (Å²) in [4.78, 5) is 0. The van der Waals surface area contributed by atoms with Crippen molar-refractivity contribution < 1.29 is 40.1 Å². The lowest BCUT2D eigenvalue weighted by atomic mass is 9.60. The molecule has 4 rings (SSSR count). The van der Waals surface area contributed by atoms with Crippen LogP contribution in [-0.4, -0.2) is 85.8 Å². The number of allylic oxidation sites excluding steroid dienone is 3. The molecule has 0 bridgehead atoms. The summed E-state index contributed by atoms with van der Waals surface area (Å²) in [6.45, 7) is 12.3. The van der Waals surface area contributed by atoms with Gasteiger partial charge < -0.3 is 40.1 Å². The highest BCUT2D eigenvalue weighted by molar-refractivity contribution is 5.39. The van der Waals surface area contributed by atoms with Crippen LogP contribution < -0.4 is 0 Å². The lowest BCUT2D eigenvalue weighted by Crippen LogP contribution is -2.59. The molecule has 11 atom stereocenters. The first kappa shape index (κ1) is 32.8. The van der Waals surface area contributed by atoms with E-state index in [1.54, 1.807) is 0 Å². The molecular formula is C33H54O8. The standard InChI is InChI=1S/C33H54O8/c1-19(8-6-14-32(3,4)39)24-12-13-25-21(9-7-15-33(24,25)5)10-11-22-16-23(17-26(35)20(22)2)40-31-30(38)29(37)28(36)27(18-34)41-31/h10-11,19,23-31,34-39H,2,6-9,12-18H2,1,3-5H3/b21-10+,22-11-/t19-,23-,24-,25+,26?,27-,28-,29+,30-,31-,33-/m1/s1. The Kier molecular flexibility index (Phi) is 10.6. The quantitative estimate of drug-likeness (QED) is 0.244. The Morgan fingerprint density at radius 1 is 1.12 bits per heavy atom. The minimum absolute atomic E-state index is 0.272. The SMILES string of the molecule is C=C1/C(=C\C=C2/CCC[C@]3(C)[C@@H]([C@H](C)CCCC(C)(C)O)CC[C@@H]23)C[C@@H](O[C@@H]2O[C@H](CO)[C@@H](O)[C@H](O)[C@H]2O)CC1O. The maximum absolute atomic E-state index is 10.8. The van der Waals surface area contributed by atoms with Gasteiger partial charge in [0, 0.05) is 6.42 Å². The van der Waals surface area contributed by atoms with E-state index >= 15 is 0 Å². The molecule has 1 aliphatic heterocycles. The first-order chi connectivity index (χ1) is 19.2. The van der Waals surface area contributed by atoms with Crippen molar-refractivity contribution in [2.24, 2.45) is 23.2 Å². The van der Waals surface area contributed by atoms with Gasteiger partial charge in [-0.15, -0.1) is 0 Å². The van der Waals surface area contributed by atoms with Crippen molar-refractivity contribution in [3.8, 4) is 0 Å². The van der Waals surface area contributed by atoms with Crippen LogP contribution in [0, 0.1) is 23.2 Å². The molecule has 0 aromatic heterocycles. The predicted molar refractivity (Wildman–Crippen MR) is 157 cm³/mol. The highest BCUT2D eigenvalue weighted by atomic mass is 16.7. The van der Waals surface area contributed by atoms with Crippen molar-refractivity contribution in [1.82, 2.24) is 0 Å². The van der Waals surface area contributed by atoms with E-state index in [1.807, 2.05) is 13.8 Å². The third kappa shape index (κ3) is 7.35. The van der Waals surface area contributed by atoms with E-state index in [0.29, 0.717) is 29.7 Å². The van der Waals surface area contributed by atoms with Crippen LogP contribution in [0.25, 0.3) is 0 Å². The number of hydrogen-bond acceptors (Lipinski definition) is 8. The van der Waals surface area contributed by atoms with E-state index in [9.17, 15) is 30.6 Å². The summed E-state index contributed by atoms with van der Waals surface area (Å²) in [6.07, 6.45) is 6.02. The first-order valence-corrected chi connectivity index (χ1v) is 15.7. The average Bonchev–Trinajstić information content (AvgIpc) is 3.27. The van der Waals surface area contributed by atoms with Crippen LogP contribution in [0.1, 0.15) is 91.9 Å². The number of aliphatic hydroxyl groups excluding tert-OH is 5. The molecule has 0 amide bonds. The fourth-order valence-electron chi connectivity index (χ4n) is 8.19. The van der Waals surface area contributed by atoms with E-state index in [2.05, 4.69) is 32.6 Å². The molecule has 8 nitrogen and oxygen atoms in total. The summed E-state index contributed by atoms with van der Waals surface area (Å²) in [5, 5.41) is 61.0. The van der Waals surface area contributed by atoms with Crippen LogP contribution in [-0.2, 0) is 9.47 Å². The minimum atomic E-state index is -1.51. The number of hydrogen-bond donors (Lipinski definition) is 6. The molecule has 1 saturated heterocycles. The van der Waals surface area contributed by atoms with Crippen LogP contribution in [0.4, 0.5) is 0 Å². The largest absolute Gasteiger partial charge is 0.394 e. The zero-order valence-electron chi connectivity index (χ0n) is 25.4. The van der Waals surface area contributed by atoms with Crippen LogP contribution in [0.5, 0.6) is 0 Å². The van der Waals surface area contributed by atoms with Gasteiger partial charge >= 0.3 is 0 Å². The smallest absolute Gasteiger partial charge is 0.186 e. The Balaban J connectivity index is 1.44. The number of fused-ring (bicyclic) bond motifs is 1. The molecule has 0 aromatic carbocycles. The predicted octanol–water partition coefficient (Wildman–Crippen LogP) is 3.53. The van der Waals surface area contributed by atoms with Gasteiger partial charge in [-0.2, -0.15) is 0 Å². The van der Waals surface area contributed by atoms with Gasteiger partial charge in [-0.05, 0) is 93.1 Å².